The highest BCUT2D eigenvalue weighted by atomic mass is 79.9. The molecule has 9 heteroatoms. The second-order valence-corrected chi connectivity index (χ2v) is 9.08. The van der Waals surface area contributed by atoms with Crippen LogP contribution in [-0.2, 0) is 11.3 Å². The topological polar surface area (TPSA) is 102 Å². The van der Waals surface area contributed by atoms with E-state index in [1.807, 2.05) is 18.5 Å². The lowest BCUT2D eigenvalue weighted by molar-refractivity contribution is 0.186. The molecule has 1 unspecified atom stereocenters. The Bertz CT molecular complexity index is 1110. The van der Waals surface area contributed by atoms with Crippen LogP contribution >= 0.6 is 15.9 Å². The molecule has 2 heterocycles. The van der Waals surface area contributed by atoms with Crippen LogP contribution in [0.5, 0.6) is 0 Å². The zero-order chi connectivity index (χ0) is 22.3. The Morgan fingerprint density at radius 3 is 2.74 bits per heavy atom. The molecule has 0 bridgehead atoms. The van der Waals surface area contributed by atoms with E-state index >= 15 is 0 Å². The van der Waals surface area contributed by atoms with Gasteiger partial charge in [0.25, 0.3) is 0 Å². The summed E-state index contributed by atoms with van der Waals surface area (Å²) in [6, 6.07) is 4.27. The number of amides is 1. The van der Waals surface area contributed by atoms with Crippen LogP contribution in [0.25, 0.3) is 22.0 Å². The van der Waals surface area contributed by atoms with E-state index in [0.717, 1.165) is 62.9 Å². The van der Waals surface area contributed by atoms with E-state index in [0.29, 0.717) is 13.2 Å². The number of carbonyl (C=O) groups is 1. The molecule has 2 aromatic heterocycles. The standard InChI is InChI=1S/C22H27BrN4O4/c1-12(22(6-7-22)24-21(28)29)15-10-16(18-13(2)26-31-14(18)3)19-17(11-15)27(25-20(19)23)8-5-9-30-4/h10-12,24H,5-9H2,1-4H3,(H,28,29). The van der Waals surface area contributed by atoms with E-state index in [1.54, 1.807) is 7.11 Å². The van der Waals surface area contributed by atoms with Gasteiger partial charge in [0, 0.05) is 37.1 Å². The van der Waals surface area contributed by atoms with Crippen molar-refractivity contribution in [3.63, 3.8) is 0 Å². The van der Waals surface area contributed by atoms with Gasteiger partial charge in [-0.1, -0.05) is 12.1 Å². The lowest BCUT2D eigenvalue weighted by atomic mass is 9.87. The molecule has 1 atom stereocenters. The van der Waals surface area contributed by atoms with Crippen LogP contribution in [-0.4, -0.2) is 45.4 Å². The average Bonchev–Trinajstić information content (AvgIpc) is 3.32. The summed E-state index contributed by atoms with van der Waals surface area (Å²) in [4.78, 5) is 11.4. The molecule has 1 saturated carbocycles. The second kappa shape index (κ2) is 8.27. The molecular weight excluding hydrogens is 464 g/mol. The van der Waals surface area contributed by atoms with Gasteiger partial charge in [-0.25, -0.2) is 4.79 Å². The zero-order valence-electron chi connectivity index (χ0n) is 18.2. The Morgan fingerprint density at radius 2 is 2.16 bits per heavy atom. The van der Waals surface area contributed by atoms with E-state index in [2.05, 4.69) is 45.5 Å². The number of fused-ring (bicyclic) bond motifs is 1. The van der Waals surface area contributed by atoms with E-state index < -0.39 is 11.6 Å². The number of halogens is 1. The monoisotopic (exact) mass is 490 g/mol. The van der Waals surface area contributed by atoms with E-state index in [-0.39, 0.29) is 5.92 Å². The predicted molar refractivity (Wildman–Crippen MR) is 120 cm³/mol. The third kappa shape index (κ3) is 3.96. The molecule has 3 aromatic rings. The summed E-state index contributed by atoms with van der Waals surface area (Å²) in [5.74, 6) is 0.751. The first kappa shape index (κ1) is 21.8. The van der Waals surface area contributed by atoms with Crippen molar-refractivity contribution >= 4 is 32.9 Å². The Labute approximate surface area is 189 Å². The van der Waals surface area contributed by atoms with Gasteiger partial charge in [-0.3, -0.25) is 4.68 Å². The van der Waals surface area contributed by atoms with Crippen molar-refractivity contribution in [1.82, 2.24) is 20.3 Å². The molecule has 4 rings (SSSR count). The van der Waals surface area contributed by atoms with Crippen LogP contribution in [0.15, 0.2) is 21.3 Å². The molecule has 0 radical (unpaired) electrons. The normalized spacial score (nSPS) is 15.9. The van der Waals surface area contributed by atoms with E-state index in [1.165, 1.54) is 0 Å². The van der Waals surface area contributed by atoms with Gasteiger partial charge < -0.3 is 19.7 Å². The van der Waals surface area contributed by atoms with Gasteiger partial charge >= 0.3 is 6.09 Å². The number of methoxy groups -OCH3 is 1. The van der Waals surface area contributed by atoms with Gasteiger partial charge in [-0.2, -0.15) is 5.10 Å². The highest BCUT2D eigenvalue weighted by Gasteiger charge is 2.49. The van der Waals surface area contributed by atoms with Crippen LogP contribution < -0.4 is 5.32 Å². The minimum Gasteiger partial charge on any atom is -0.465 e. The quantitative estimate of drug-likeness (QED) is 0.430. The molecule has 8 nitrogen and oxygen atoms in total. The fourth-order valence-corrected chi connectivity index (χ4v) is 5.06. The van der Waals surface area contributed by atoms with Gasteiger partial charge in [0.1, 0.15) is 10.4 Å². The highest BCUT2D eigenvalue weighted by molar-refractivity contribution is 9.10. The largest absolute Gasteiger partial charge is 0.465 e. The number of carboxylic acid groups (broad SMARTS) is 1. The second-order valence-electron chi connectivity index (χ2n) is 8.33. The number of ether oxygens (including phenoxy) is 1. The highest BCUT2D eigenvalue weighted by Crippen LogP contribution is 2.49. The van der Waals surface area contributed by atoms with Crippen LogP contribution in [0.3, 0.4) is 0 Å². The first-order valence-corrected chi connectivity index (χ1v) is 11.2. The first-order valence-electron chi connectivity index (χ1n) is 10.4. The Balaban J connectivity index is 1.89. The number of benzene rings is 1. The average molecular weight is 491 g/mol. The lowest BCUT2D eigenvalue weighted by Crippen LogP contribution is -2.39. The first-order chi connectivity index (χ1) is 14.8. The fraction of sp³-hybridized carbons (Fsp3) is 0.500. The van der Waals surface area contributed by atoms with Crippen molar-refractivity contribution in [1.29, 1.82) is 0 Å². The number of aromatic nitrogens is 3. The molecule has 1 amide bonds. The third-order valence-corrected chi connectivity index (χ3v) is 6.88. The zero-order valence-corrected chi connectivity index (χ0v) is 19.7. The Hall–Kier alpha value is -2.39. The molecule has 166 valence electrons. The number of nitrogens with one attached hydrogen (secondary N) is 1. The maximum absolute atomic E-state index is 11.4. The van der Waals surface area contributed by atoms with Crippen LogP contribution in [0.1, 0.15) is 49.1 Å². The maximum Gasteiger partial charge on any atom is 0.405 e. The minimum atomic E-state index is -0.983. The minimum absolute atomic E-state index is 0.00771. The van der Waals surface area contributed by atoms with Crippen LogP contribution in [0.2, 0.25) is 0 Å². The van der Waals surface area contributed by atoms with Crippen LogP contribution in [0.4, 0.5) is 4.79 Å². The maximum atomic E-state index is 11.4. The van der Waals surface area contributed by atoms with Gasteiger partial charge in [-0.15, -0.1) is 0 Å². The van der Waals surface area contributed by atoms with Crippen molar-refractivity contribution in [2.75, 3.05) is 13.7 Å². The van der Waals surface area contributed by atoms with Crippen molar-refractivity contribution in [2.45, 2.75) is 58.0 Å². The summed E-state index contributed by atoms with van der Waals surface area (Å²) in [7, 11) is 1.69. The van der Waals surface area contributed by atoms with E-state index in [9.17, 15) is 9.90 Å². The van der Waals surface area contributed by atoms with Gasteiger partial charge in [0.15, 0.2) is 0 Å². The van der Waals surface area contributed by atoms with Crippen molar-refractivity contribution in [3.8, 4) is 11.1 Å². The number of nitrogens with zero attached hydrogens (tertiary/aromatic N) is 3. The van der Waals surface area contributed by atoms with Crippen molar-refractivity contribution < 1.29 is 19.2 Å². The molecular formula is C22H27BrN4O4. The summed E-state index contributed by atoms with van der Waals surface area (Å²) in [5.41, 5.74) is 4.39. The molecule has 2 N–H and O–H groups in total. The SMILES string of the molecule is COCCCn1nc(Br)c2c(-c3c(C)noc3C)cc(C(C)C3(NC(=O)O)CC3)cc21. The van der Waals surface area contributed by atoms with E-state index in [4.69, 9.17) is 14.4 Å². The summed E-state index contributed by atoms with van der Waals surface area (Å²) < 4.78 is 13.4. The van der Waals surface area contributed by atoms with Gasteiger partial charge in [0.05, 0.1) is 16.7 Å². The molecule has 0 spiro atoms. The predicted octanol–water partition coefficient (Wildman–Crippen LogP) is 5.01. The summed E-state index contributed by atoms with van der Waals surface area (Å²) in [6.07, 6.45) is 1.51. The fourth-order valence-electron chi connectivity index (χ4n) is 4.46. The molecule has 1 aliphatic carbocycles. The van der Waals surface area contributed by atoms with Gasteiger partial charge in [-0.05, 0) is 72.3 Å². The molecule has 0 aliphatic heterocycles. The summed E-state index contributed by atoms with van der Waals surface area (Å²) >= 11 is 3.65. The Kier molecular flexibility index (Phi) is 5.83. The molecule has 1 fully saturated rings. The number of aryl methyl sites for hydroxylation is 3. The number of hydrogen-bond acceptors (Lipinski definition) is 5. The number of hydrogen-bond donors (Lipinski definition) is 2. The summed E-state index contributed by atoms with van der Waals surface area (Å²) in [5, 5.41) is 22.0. The number of rotatable bonds is 8. The molecule has 0 saturated heterocycles. The molecule has 31 heavy (non-hydrogen) atoms. The lowest BCUT2D eigenvalue weighted by Gasteiger charge is -2.24. The van der Waals surface area contributed by atoms with Crippen LogP contribution in [0, 0.1) is 13.8 Å². The smallest absolute Gasteiger partial charge is 0.405 e. The van der Waals surface area contributed by atoms with Crippen molar-refractivity contribution in [2.24, 2.45) is 0 Å². The van der Waals surface area contributed by atoms with Gasteiger partial charge in [0.2, 0.25) is 0 Å². The third-order valence-electron chi connectivity index (χ3n) is 6.33. The summed E-state index contributed by atoms with van der Waals surface area (Å²) in [6.45, 7) is 7.29. The molecule has 1 aromatic carbocycles. The Morgan fingerprint density at radius 1 is 1.42 bits per heavy atom. The van der Waals surface area contributed by atoms with Crippen molar-refractivity contribution in [3.05, 3.63) is 33.8 Å². The molecule has 1 aliphatic rings.